The monoisotopic (exact) mass is 227 g/mol. The molecule has 3 nitrogen and oxygen atoms in total. The minimum absolute atomic E-state index is 0.134. The molecule has 0 amide bonds. The van der Waals surface area contributed by atoms with Gasteiger partial charge in [-0.15, -0.1) is 0 Å². The van der Waals surface area contributed by atoms with Crippen LogP contribution < -0.4 is 5.73 Å². The Bertz CT molecular complexity index is 335. The van der Waals surface area contributed by atoms with Gasteiger partial charge >= 0.3 is 5.97 Å². The summed E-state index contributed by atoms with van der Waals surface area (Å²) in [6, 6.07) is 0. The molecule has 0 heterocycles. The molecular weight excluding hydrogens is 209 g/mol. The second-order valence-electron chi connectivity index (χ2n) is 5.79. The maximum absolute atomic E-state index is 13.8. The van der Waals surface area contributed by atoms with E-state index in [0.717, 1.165) is 12.8 Å². The van der Waals surface area contributed by atoms with Crippen LogP contribution in [0.4, 0.5) is 4.39 Å². The van der Waals surface area contributed by atoms with Crippen molar-refractivity contribution >= 4 is 5.97 Å². The van der Waals surface area contributed by atoms with Gasteiger partial charge in [-0.05, 0) is 54.9 Å². The number of hydrogen-bond acceptors (Lipinski definition) is 2. The van der Waals surface area contributed by atoms with Gasteiger partial charge in [-0.25, -0.2) is 4.39 Å². The van der Waals surface area contributed by atoms with Crippen LogP contribution in [0.15, 0.2) is 0 Å². The lowest BCUT2D eigenvalue weighted by Crippen LogP contribution is -2.58. The molecule has 0 aromatic heterocycles. The van der Waals surface area contributed by atoms with Gasteiger partial charge in [0.05, 0.1) is 6.42 Å². The van der Waals surface area contributed by atoms with Gasteiger partial charge in [0.25, 0.3) is 0 Å². The molecule has 4 heteroatoms. The average Bonchev–Trinajstić information content (AvgIpc) is 2.73. The van der Waals surface area contributed by atoms with E-state index in [2.05, 4.69) is 0 Å². The molecule has 0 bridgehead atoms. The van der Waals surface area contributed by atoms with Crippen molar-refractivity contribution < 1.29 is 14.3 Å². The van der Waals surface area contributed by atoms with Gasteiger partial charge in [0.15, 0.2) is 0 Å². The first kappa shape index (κ1) is 10.5. The molecule has 0 spiro atoms. The summed E-state index contributed by atoms with van der Waals surface area (Å²) in [6.07, 6.45) is 1.90. The lowest BCUT2D eigenvalue weighted by molar-refractivity contribution is -0.153. The normalized spacial score (nSPS) is 53.5. The fourth-order valence-electron chi connectivity index (χ4n) is 4.99. The van der Waals surface area contributed by atoms with E-state index in [4.69, 9.17) is 10.8 Å². The fraction of sp³-hybridized carbons (Fsp3) is 0.917. The van der Waals surface area contributed by atoms with E-state index in [1.165, 1.54) is 0 Å². The highest BCUT2D eigenvalue weighted by molar-refractivity contribution is 5.68. The molecule has 0 radical (unpaired) electrons. The van der Waals surface area contributed by atoms with Crippen LogP contribution in [0.3, 0.4) is 0 Å². The molecular formula is C12H18FNO2. The van der Waals surface area contributed by atoms with E-state index in [1.54, 1.807) is 0 Å². The molecule has 3 fully saturated rings. The summed E-state index contributed by atoms with van der Waals surface area (Å²) in [4.78, 5) is 11.0. The topological polar surface area (TPSA) is 63.3 Å². The van der Waals surface area contributed by atoms with Crippen molar-refractivity contribution in [3.63, 3.8) is 0 Å². The summed E-state index contributed by atoms with van der Waals surface area (Å²) in [6.45, 7) is 0.407. The Balaban J connectivity index is 1.89. The number of hydrogen-bond donors (Lipinski definition) is 2. The molecule has 0 aliphatic heterocycles. The van der Waals surface area contributed by atoms with E-state index in [9.17, 15) is 9.18 Å². The van der Waals surface area contributed by atoms with Gasteiger partial charge < -0.3 is 10.8 Å². The Labute approximate surface area is 94.2 Å². The number of carboxylic acid groups (broad SMARTS) is 1. The Morgan fingerprint density at radius 3 is 2.81 bits per heavy atom. The highest BCUT2D eigenvalue weighted by Crippen LogP contribution is 2.72. The molecule has 3 aliphatic carbocycles. The van der Waals surface area contributed by atoms with Gasteiger partial charge in [0, 0.05) is 0 Å². The molecule has 3 saturated carbocycles. The van der Waals surface area contributed by atoms with Crippen molar-refractivity contribution in [3.8, 4) is 0 Å². The minimum atomic E-state index is -0.783. The quantitative estimate of drug-likeness (QED) is 0.766. The second-order valence-corrected chi connectivity index (χ2v) is 5.79. The van der Waals surface area contributed by atoms with Gasteiger partial charge in [-0.3, -0.25) is 4.79 Å². The number of rotatable bonds is 3. The smallest absolute Gasteiger partial charge is 0.303 e. The first-order valence-corrected chi connectivity index (χ1v) is 6.16. The summed E-state index contributed by atoms with van der Waals surface area (Å²) < 4.78 is 13.8. The molecule has 16 heavy (non-hydrogen) atoms. The summed E-state index contributed by atoms with van der Waals surface area (Å²) in [5.74, 6) is 0.487. The van der Waals surface area contributed by atoms with Crippen LogP contribution in [0, 0.1) is 29.1 Å². The molecule has 90 valence electrons. The maximum Gasteiger partial charge on any atom is 0.303 e. The first-order chi connectivity index (χ1) is 7.60. The summed E-state index contributed by atoms with van der Waals surface area (Å²) in [5, 5.41) is 9.01. The highest BCUT2D eigenvalue weighted by atomic mass is 19.1. The molecule has 3 rings (SSSR count). The van der Waals surface area contributed by atoms with Crippen LogP contribution in [-0.4, -0.2) is 23.8 Å². The van der Waals surface area contributed by atoms with Crippen LogP contribution in [0.25, 0.3) is 0 Å². The maximum atomic E-state index is 13.8. The third-order valence-electron chi connectivity index (χ3n) is 5.52. The Morgan fingerprint density at radius 1 is 1.44 bits per heavy atom. The molecule has 3 N–H and O–H groups in total. The number of nitrogens with two attached hydrogens (primary N) is 1. The fourth-order valence-corrected chi connectivity index (χ4v) is 4.99. The third-order valence-corrected chi connectivity index (χ3v) is 5.52. The zero-order valence-electron chi connectivity index (χ0n) is 9.23. The van der Waals surface area contributed by atoms with Gasteiger partial charge in [0.2, 0.25) is 0 Å². The van der Waals surface area contributed by atoms with Crippen molar-refractivity contribution in [2.75, 3.05) is 6.54 Å². The van der Waals surface area contributed by atoms with Crippen molar-refractivity contribution in [1.29, 1.82) is 0 Å². The summed E-state index contributed by atoms with van der Waals surface area (Å²) >= 11 is 0. The number of aliphatic carboxylic acids is 1. The lowest BCUT2D eigenvalue weighted by atomic mass is 9.47. The number of alkyl halides is 1. The molecule has 0 aromatic rings. The van der Waals surface area contributed by atoms with Crippen LogP contribution >= 0.6 is 0 Å². The SMILES string of the molecule is NC[C@]1(CC(=O)O)[C@@H]2C[C@H](F)[C@@H]3CC[C@H]1[C@@H]32. The van der Waals surface area contributed by atoms with E-state index in [1.807, 2.05) is 0 Å². The van der Waals surface area contributed by atoms with E-state index >= 15 is 0 Å². The lowest BCUT2D eigenvalue weighted by Gasteiger charge is -2.57. The Hall–Kier alpha value is -0.640. The number of carboxylic acids is 1. The highest BCUT2D eigenvalue weighted by Gasteiger charge is 2.70. The summed E-state index contributed by atoms with van der Waals surface area (Å²) in [7, 11) is 0. The predicted octanol–water partition coefficient (Wildman–Crippen LogP) is 1.42. The van der Waals surface area contributed by atoms with Crippen LogP contribution in [0.5, 0.6) is 0 Å². The number of halogens is 1. The van der Waals surface area contributed by atoms with Crippen molar-refractivity contribution in [3.05, 3.63) is 0 Å². The zero-order valence-corrected chi connectivity index (χ0v) is 9.23. The van der Waals surface area contributed by atoms with Crippen molar-refractivity contribution in [2.24, 2.45) is 34.8 Å². The number of carbonyl (C=O) groups is 1. The van der Waals surface area contributed by atoms with E-state index < -0.39 is 12.1 Å². The largest absolute Gasteiger partial charge is 0.481 e. The van der Waals surface area contributed by atoms with Crippen LogP contribution in [0.1, 0.15) is 25.7 Å². The Kier molecular flexibility index (Phi) is 2.09. The molecule has 3 aliphatic rings. The second kappa shape index (κ2) is 3.19. The predicted molar refractivity (Wildman–Crippen MR) is 56.4 cm³/mol. The minimum Gasteiger partial charge on any atom is -0.481 e. The molecule has 0 unspecified atom stereocenters. The molecule has 0 aromatic carbocycles. The van der Waals surface area contributed by atoms with Crippen LogP contribution in [-0.2, 0) is 4.79 Å². The third kappa shape index (κ3) is 1.04. The zero-order chi connectivity index (χ0) is 11.5. The van der Waals surface area contributed by atoms with Gasteiger partial charge in [-0.2, -0.15) is 0 Å². The van der Waals surface area contributed by atoms with Crippen molar-refractivity contribution in [2.45, 2.75) is 31.9 Å². The van der Waals surface area contributed by atoms with Gasteiger partial charge in [0.1, 0.15) is 6.17 Å². The van der Waals surface area contributed by atoms with Gasteiger partial charge in [-0.1, -0.05) is 0 Å². The molecule has 0 saturated heterocycles. The Morgan fingerprint density at radius 2 is 2.19 bits per heavy atom. The van der Waals surface area contributed by atoms with Crippen molar-refractivity contribution in [1.82, 2.24) is 0 Å². The standard InChI is InChI=1S/C12H18FNO2/c13-9-3-8-11-6(9)1-2-7(11)12(8,5-14)4-10(15)16/h6-9,11H,1-5,14H2,(H,15,16)/t6-,7-,8+,9-,11+,12-/m0/s1. The van der Waals surface area contributed by atoms with E-state index in [-0.39, 0.29) is 23.7 Å². The van der Waals surface area contributed by atoms with Crippen LogP contribution in [0.2, 0.25) is 0 Å². The van der Waals surface area contributed by atoms with E-state index in [0.29, 0.717) is 24.8 Å². The average molecular weight is 227 g/mol. The molecule has 6 atom stereocenters. The first-order valence-electron chi connectivity index (χ1n) is 6.16. The summed E-state index contributed by atoms with van der Waals surface area (Å²) in [5.41, 5.74) is 5.53.